The van der Waals surface area contributed by atoms with Gasteiger partial charge in [0.15, 0.2) is 14.1 Å². The van der Waals surface area contributed by atoms with Crippen LogP contribution in [0.25, 0.3) is 0 Å². The predicted molar refractivity (Wildman–Crippen MR) is 191 cm³/mol. The maximum atomic E-state index is 15.4. The number of rotatable bonds is 18. The third-order valence-corrected chi connectivity index (χ3v) is 13.9. The van der Waals surface area contributed by atoms with E-state index in [0.29, 0.717) is 0 Å². The molecule has 3 amide bonds. The van der Waals surface area contributed by atoms with Crippen molar-refractivity contribution in [3.8, 4) is 5.75 Å². The Labute approximate surface area is 320 Å². The molecule has 2 rings (SSSR count). The molecule has 19 heteroatoms. The molecule has 55 heavy (non-hydrogen) atoms. The Balaban J connectivity index is 2.55. The lowest BCUT2D eigenvalue weighted by atomic mass is 9.82. The van der Waals surface area contributed by atoms with E-state index < -0.39 is 110 Å². The van der Waals surface area contributed by atoms with Crippen LogP contribution in [-0.4, -0.2) is 76.0 Å². The minimum Gasteiger partial charge on any atom is -0.497 e. The quantitative estimate of drug-likeness (QED) is 0.0843. The van der Waals surface area contributed by atoms with Crippen LogP contribution >= 0.6 is 11.6 Å². The maximum absolute atomic E-state index is 15.4. The number of nitrogens with one attached hydrogen (secondary N) is 3. The van der Waals surface area contributed by atoms with Gasteiger partial charge in [-0.15, -0.1) is 0 Å². The largest absolute Gasteiger partial charge is 0.497 e. The molecule has 10 nitrogen and oxygen atoms in total. The molecule has 0 radical (unpaired) electrons. The molecular formula is C36H45ClF7N3O7Si. The van der Waals surface area contributed by atoms with Crippen LogP contribution in [0.5, 0.6) is 5.75 Å². The molecule has 0 aliphatic rings. The monoisotopic (exact) mass is 827 g/mol. The summed E-state index contributed by atoms with van der Waals surface area (Å²) >= 11 is 5.86. The predicted octanol–water partition coefficient (Wildman–Crippen LogP) is 6.92. The lowest BCUT2D eigenvalue weighted by Crippen LogP contribution is -2.56. The van der Waals surface area contributed by atoms with E-state index in [9.17, 15) is 45.9 Å². The van der Waals surface area contributed by atoms with Crippen molar-refractivity contribution in [1.82, 2.24) is 16.0 Å². The van der Waals surface area contributed by atoms with E-state index >= 15 is 8.78 Å². The molecule has 0 aromatic heterocycles. The van der Waals surface area contributed by atoms with Crippen LogP contribution in [0.3, 0.4) is 0 Å². The van der Waals surface area contributed by atoms with Gasteiger partial charge < -0.3 is 25.1 Å². The summed E-state index contributed by atoms with van der Waals surface area (Å²) < 4.78 is 110. The first-order chi connectivity index (χ1) is 25.0. The number of carbonyl (C=O) groups is 5. The second kappa shape index (κ2) is 18.3. The summed E-state index contributed by atoms with van der Waals surface area (Å²) in [5.74, 6) is -20.8. The van der Waals surface area contributed by atoms with E-state index in [1.807, 2.05) is 26.1 Å². The van der Waals surface area contributed by atoms with Crippen LogP contribution in [-0.2, 0) is 34.3 Å². The van der Waals surface area contributed by atoms with Crippen molar-refractivity contribution in [3.05, 3.63) is 64.7 Å². The van der Waals surface area contributed by atoms with Gasteiger partial charge in [-0.1, -0.05) is 70.5 Å². The van der Waals surface area contributed by atoms with Gasteiger partial charge in [0.25, 0.3) is 11.8 Å². The number of hydrogen-bond acceptors (Lipinski definition) is 7. The van der Waals surface area contributed by atoms with Crippen LogP contribution < -0.4 is 20.7 Å². The molecule has 3 atom stereocenters. The van der Waals surface area contributed by atoms with E-state index in [1.54, 1.807) is 13.1 Å². The van der Waals surface area contributed by atoms with Gasteiger partial charge in [-0.05, 0) is 53.9 Å². The van der Waals surface area contributed by atoms with Gasteiger partial charge in [0.05, 0.1) is 13.7 Å². The zero-order chi connectivity index (χ0) is 42.3. The fraction of sp³-hybridized carbons (Fsp3) is 0.528. The van der Waals surface area contributed by atoms with Gasteiger partial charge in [0, 0.05) is 22.9 Å². The Kier molecular flexibility index (Phi) is 15.7. The van der Waals surface area contributed by atoms with Crippen molar-refractivity contribution in [3.63, 3.8) is 0 Å². The molecule has 0 aliphatic heterocycles. The summed E-state index contributed by atoms with van der Waals surface area (Å²) in [5.41, 5.74) is -0.787. The summed E-state index contributed by atoms with van der Waals surface area (Å²) in [7, 11) is -1.40. The van der Waals surface area contributed by atoms with Crippen molar-refractivity contribution in [1.29, 1.82) is 0 Å². The molecular weight excluding hydrogens is 783 g/mol. The van der Waals surface area contributed by atoms with Crippen LogP contribution in [0.1, 0.15) is 58.2 Å². The SMILES string of the molecule is COc1ccc([C@H](NC(=O)[C@H](CO[Si](C)(C)C(C)(C)C)NC(=O)C(F)(F)c2cccc(Cl)c2)C(=O)C[C@H](C(=O)C(F)(F)C(=O)NCC(F)(F)F)C(C)C)cc1. The second-order valence-electron chi connectivity index (χ2n) is 14.7. The van der Waals surface area contributed by atoms with Gasteiger partial charge >= 0.3 is 18.0 Å². The van der Waals surface area contributed by atoms with Crippen LogP contribution in [0, 0.1) is 11.8 Å². The molecule has 2 aromatic rings. The highest BCUT2D eigenvalue weighted by atomic mass is 35.5. The smallest absolute Gasteiger partial charge is 0.405 e. The highest BCUT2D eigenvalue weighted by molar-refractivity contribution is 6.74. The number of benzene rings is 2. The molecule has 0 heterocycles. The lowest BCUT2D eigenvalue weighted by Gasteiger charge is -2.37. The fourth-order valence-corrected chi connectivity index (χ4v) is 5.95. The first-order valence-electron chi connectivity index (χ1n) is 16.9. The average Bonchev–Trinajstić information content (AvgIpc) is 3.08. The molecule has 2 aromatic carbocycles. The van der Waals surface area contributed by atoms with Gasteiger partial charge in [-0.25, -0.2) is 0 Å². The zero-order valence-corrected chi connectivity index (χ0v) is 33.2. The number of hydrogen-bond donors (Lipinski definition) is 3. The Morgan fingerprint density at radius 2 is 1.44 bits per heavy atom. The first-order valence-corrected chi connectivity index (χ1v) is 20.2. The molecule has 0 saturated carbocycles. The van der Waals surface area contributed by atoms with Crippen LogP contribution in [0.2, 0.25) is 23.2 Å². The number of carbonyl (C=O) groups excluding carboxylic acids is 5. The number of alkyl halides is 7. The van der Waals surface area contributed by atoms with Gasteiger partial charge in [-0.2, -0.15) is 30.7 Å². The minimum atomic E-state index is -5.07. The Morgan fingerprint density at radius 3 is 1.93 bits per heavy atom. The van der Waals surface area contributed by atoms with E-state index in [1.165, 1.54) is 57.4 Å². The Bertz CT molecular complexity index is 1700. The number of amides is 3. The molecule has 0 saturated heterocycles. The number of halogens is 8. The van der Waals surface area contributed by atoms with E-state index in [-0.39, 0.29) is 16.3 Å². The van der Waals surface area contributed by atoms with E-state index in [4.69, 9.17) is 20.8 Å². The van der Waals surface area contributed by atoms with Crippen LogP contribution in [0.15, 0.2) is 48.5 Å². The minimum absolute atomic E-state index is 0.00318. The molecule has 0 spiro atoms. The summed E-state index contributed by atoms with van der Waals surface area (Å²) in [6.45, 7) is 8.86. The Morgan fingerprint density at radius 1 is 0.855 bits per heavy atom. The summed E-state index contributed by atoms with van der Waals surface area (Å²) in [4.78, 5) is 66.0. The maximum Gasteiger partial charge on any atom is 0.405 e. The Hall–Kier alpha value is -4.03. The number of methoxy groups -OCH3 is 1. The van der Waals surface area contributed by atoms with Crippen molar-refractivity contribution in [2.45, 2.75) is 89.3 Å². The average molecular weight is 828 g/mol. The fourth-order valence-electron chi connectivity index (χ4n) is 4.75. The third kappa shape index (κ3) is 12.7. The molecule has 3 N–H and O–H groups in total. The number of Topliss-reactive ketones (excluding diaryl/α,β-unsaturated/α-hetero) is 2. The number of ketones is 2. The number of ether oxygens (including phenoxy) is 1. The third-order valence-electron chi connectivity index (χ3n) is 9.18. The van der Waals surface area contributed by atoms with E-state index in [0.717, 1.165) is 17.4 Å². The van der Waals surface area contributed by atoms with Crippen LogP contribution in [0.4, 0.5) is 30.7 Å². The first kappa shape index (κ1) is 47.1. The topological polar surface area (TPSA) is 140 Å². The van der Waals surface area contributed by atoms with Crippen molar-refractivity contribution in [2.24, 2.45) is 11.8 Å². The van der Waals surface area contributed by atoms with Gasteiger partial charge in [0.2, 0.25) is 11.7 Å². The van der Waals surface area contributed by atoms with Gasteiger partial charge in [0.1, 0.15) is 24.4 Å². The van der Waals surface area contributed by atoms with Crippen molar-refractivity contribution in [2.75, 3.05) is 20.3 Å². The van der Waals surface area contributed by atoms with E-state index in [2.05, 4.69) is 5.32 Å². The van der Waals surface area contributed by atoms with Gasteiger partial charge in [-0.3, -0.25) is 24.0 Å². The molecule has 0 unspecified atom stereocenters. The normalized spacial score (nSPS) is 14.4. The molecule has 0 aliphatic carbocycles. The van der Waals surface area contributed by atoms with Crippen molar-refractivity contribution >= 4 is 49.2 Å². The summed E-state index contributed by atoms with van der Waals surface area (Å²) in [6, 6.07) is 6.01. The second-order valence-corrected chi connectivity index (χ2v) is 19.9. The molecule has 306 valence electrons. The summed E-state index contributed by atoms with van der Waals surface area (Å²) in [6.07, 6.45) is -6.12. The lowest BCUT2D eigenvalue weighted by molar-refractivity contribution is -0.167. The molecule has 0 fully saturated rings. The zero-order valence-electron chi connectivity index (χ0n) is 31.4. The summed E-state index contributed by atoms with van der Waals surface area (Å²) in [5, 5.41) is 4.76. The standard InChI is InChI=1S/C36H45ClF7N3O7Si/c1-20(2)25(29(49)36(43,44)31(51)45-19-34(38,39)40)17-27(48)28(21-12-14-24(53-6)15-13-21)47-30(50)26(18-54-55(7,8)33(3,4)5)46-32(52)35(41,42)22-10-9-11-23(37)16-22/h9-16,20,25-26,28H,17-19H2,1-8H3,(H,45,51)(H,46,52)(H,47,50)/t25-,26-,28-/m0/s1. The highest BCUT2D eigenvalue weighted by Gasteiger charge is 2.52. The molecule has 0 bridgehead atoms. The highest BCUT2D eigenvalue weighted by Crippen LogP contribution is 2.37. The van der Waals surface area contributed by atoms with Crippen molar-refractivity contribution < 1.29 is 63.9 Å².